The van der Waals surface area contributed by atoms with Gasteiger partial charge >= 0.3 is 0 Å². The van der Waals surface area contributed by atoms with Crippen molar-refractivity contribution in [2.45, 2.75) is 25.8 Å². The zero-order valence-corrected chi connectivity index (χ0v) is 10.3. The maximum atomic E-state index is 11.4. The van der Waals surface area contributed by atoms with Crippen molar-refractivity contribution < 1.29 is 4.79 Å². The Balaban J connectivity index is 2.16. The van der Waals surface area contributed by atoms with Crippen molar-refractivity contribution in [3.8, 4) is 0 Å². The number of hydrogen-bond acceptors (Lipinski definition) is 3. The van der Waals surface area contributed by atoms with Gasteiger partial charge in [0.05, 0.1) is 17.1 Å². The molecule has 0 aliphatic carbocycles. The van der Waals surface area contributed by atoms with E-state index < -0.39 is 0 Å². The first kappa shape index (κ1) is 11.1. The molecule has 1 aromatic carbocycles. The summed E-state index contributed by atoms with van der Waals surface area (Å²) in [6.45, 7) is 2.76. The summed E-state index contributed by atoms with van der Waals surface area (Å²) in [5.74, 6) is 1.12. The molecule has 0 radical (unpaired) electrons. The minimum absolute atomic E-state index is 0.111. The van der Waals surface area contributed by atoms with Gasteiger partial charge < -0.3 is 15.6 Å². The number of carbonyl (C=O) groups excluding carboxylic acids is 1. The van der Waals surface area contributed by atoms with E-state index in [1.165, 1.54) is 0 Å². The number of rotatable bonds is 2. The summed E-state index contributed by atoms with van der Waals surface area (Å²) in [6, 6.07) is 5.92. The summed E-state index contributed by atoms with van der Waals surface area (Å²) in [7, 11) is 0. The summed E-state index contributed by atoms with van der Waals surface area (Å²) in [4.78, 5) is 16.0. The lowest BCUT2D eigenvalue weighted by Crippen LogP contribution is -2.16. The summed E-state index contributed by atoms with van der Waals surface area (Å²) in [5.41, 5.74) is 8.47. The standard InChI is InChI=1S/C13H16N4O/c1-2-12-16-10-5-8(14)3-4-11(10)17(12)9-6-13(18)15-7-9/h3-5,9H,2,6-7,14H2,1H3,(H,15,18). The highest BCUT2D eigenvalue weighted by atomic mass is 16.1. The van der Waals surface area contributed by atoms with E-state index in [4.69, 9.17) is 5.73 Å². The van der Waals surface area contributed by atoms with Gasteiger partial charge in [0.15, 0.2) is 0 Å². The fourth-order valence-corrected chi connectivity index (χ4v) is 2.60. The summed E-state index contributed by atoms with van der Waals surface area (Å²) in [6.07, 6.45) is 1.38. The molecule has 2 heterocycles. The minimum atomic E-state index is 0.111. The van der Waals surface area contributed by atoms with Gasteiger partial charge in [-0.1, -0.05) is 6.92 Å². The third-order valence-corrected chi connectivity index (χ3v) is 3.42. The Kier molecular flexibility index (Phi) is 2.47. The Bertz CT molecular complexity index is 617. The van der Waals surface area contributed by atoms with E-state index in [0.29, 0.717) is 13.0 Å². The average molecular weight is 244 g/mol. The van der Waals surface area contributed by atoms with Crippen LogP contribution in [-0.2, 0) is 11.2 Å². The third kappa shape index (κ3) is 1.63. The lowest BCUT2D eigenvalue weighted by molar-refractivity contribution is -0.119. The molecule has 5 heteroatoms. The largest absolute Gasteiger partial charge is 0.399 e. The SMILES string of the molecule is CCc1nc2cc(N)ccc2n1C1CNC(=O)C1. The first-order valence-corrected chi connectivity index (χ1v) is 6.22. The molecule has 5 nitrogen and oxygen atoms in total. The molecule has 1 fully saturated rings. The molecule has 3 N–H and O–H groups in total. The van der Waals surface area contributed by atoms with Crippen molar-refractivity contribution in [2.24, 2.45) is 0 Å². The van der Waals surface area contributed by atoms with Crippen LogP contribution in [-0.4, -0.2) is 22.0 Å². The summed E-state index contributed by atoms with van der Waals surface area (Å²) < 4.78 is 2.17. The number of nitrogens with one attached hydrogen (secondary N) is 1. The van der Waals surface area contributed by atoms with Crippen molar-refractivity contribution in [1.82, 2.24) is 14.9 Å². The topological polar surface area (TPSA) is 72.9 Å². The summed E-state index contributed by atoms with van der Waals surface area (Å²) in [5, 5.41) is 2.87. The van der Waals surface area contributed by atoms with E-state index >= 15 is 0 Å². The van der Waals surface area contributed by atoms with Crippen LogP contribution in [0.1, 0.15) is 25.2 Å². The van der Waals surface area contributed by atoms with Gasteiger partial charge in [0.2, 0.25) is 5.91 Å². The van der Waals surface area contributed by atoms with Gasteiger partial charge in [-0.15, -0.1) is 0 Å². The molecule has 94 valence electrons. The maximum absolute atomic E-state index is 11.4. The number of aryl methyl sites for hydroxylation is 1. The fraction of sp³-hybridized carbons (Fsp3) is 0.385. The van der Waals surface area contributed by atoms with Crippen LogP contribution in [0.5, 0.6) is 0 Å². The van der Waals surface area contributed by atoms with E-state index in [1.807, 2.05) is 18.2 Å². The molecule has 0 saturated carbocycles. The Hall–Kier alpha value is -2.04. The number of amides is 1. The summed E-state index contributed by atoms with van der Waals surface area (Å²) >= 11 is 0. The number of nitrogens with zero attached hydrogens (tertiary/aromatic N) is 2. The number of carbonyl (C=O) groups is 1. The number of fused-ring (bicyclic) bond motifs is 1. The second-order valence-corrected chi connectivity index (χ2v) is 4.66. The van der Waals surface area contributed by atoms with E-state index in [-0.39, 0.29) is 11.9 Å². The van der Waals surface area contributed by atoms with Crippen molar-refractivity contribution in [3.05, 3.63) is 24.0 Å². The predicted octanol–water partition coefficient (Wildman–Crippen LogP) is 1.24. The van der Waals surface area contributed by atoms with Crippen LogP contribution in [0.25, 0.3) is 11.0 Å². The molecule has 0 spiro atoms. The molecule has 1 aliphatic rings. The first-order chi connectivity index (χ1) is 8.69. The molecule has 2 aromatic rings. The number of benzene rings is 1. The van der Waals surface area contributed by atoms with E-state index in [0.717, 1.165) is 29.0 Å². The fourth-order valence-electron chi connectivity index (χ4n) is 2.60. The molecule has 1 saturated heterocycles. The Morgan fingerprint density at radius 3 is 3.06 bits per heavy atom. The minimum Gasteiger partial charge on any atom is -0.399 e. The van der Waals surface area contributed by atoms with Crippen LogP contribution >= 0.6 is 0 Å². The predicted molar refractivity (Wildman–Crippen MR) is 70.2 cm³/mol. The van der Waals surface area contributed by atoms with Gasteiger partial charge in [-0.25, -0.2) is 4.98 Å². The van der Waals surface area contributed by atoms with E-state index in [2.05, 4.69) is 21.8 Å². The average Bonchev–Trinajstić information content (AvgIpc) is 2.91. The van der Waals surface area contributed by atoms with Crippen LogP contribution in [0, 0.1) is 0 Å². The Labute approximate surface area is 105 Å². The smallest absolute Gasteiger partial charge is 0.222 e. The Morgan fingerprint density at radius 2 is 2.39 bits per heavy atom. The molecule has 1 atom stereocenters. The molecule has 1 aromatic heterocycles. The Morgan fingerprint density at radius 1 is 1.56 bits per heavy atom. The van der Waals surface area contributed by atoms with Crippen molar-refractivity contribution in [2.75, 3.05) is 12.3 Å². The molecule has 1 amide bonds. The molecule has 1 aliphatic heterocycles. The van der Waals surface area contributed by atoms with Gasteiger partial charge in [0.25, 0.3) is 0 Å². The number of hydrogen-bond donors (Lipinski definition) is 2. The molecular weight excluding hydrogens is 228 g/mol. The second-order valence-electron chi connectivity index (χ2n) is 4.66. The van der Waals surface area contributed by atoms with Crippen molar-refractivity contribution in [3.63, 3.8) is 0 Å². The molecule has 3 rings (SSSR count). The number of aromatic nitrogens is 2. The number of imidazole rings is 1. The van der Waals surface area contributed by atoms with Crippen LogP contribution in [0.3, 0.4) is 0 Å². The van der Waals surface area contributed by atoms with Crippen molar-refractivity contribution >= 4 is 22.6 Å². The first-order valence-electron chi connectivity index (χ1n) is 6.22. The van der Waals surface area contributed by atoms with Crippen LogP contribution in [0.4, 0.5) is 5.69 Å². The zero-order chi connectivity index (χ0) is 12.7. The van der Waals surface area contributed by atoms with Crippen LogP contribution in [0.15, 0.2) is 18.2 Å². The van der Waals surface area contributed by atoms with Crippen LogP contribution < -0.4 is 11.1 Å². The highest BCUT2D eigenvalue weighted by Crippen LogP contribution is 2.26. The van der Waals surface area contributed by atoms with Gasteiger partial charge in [0.1, 0.15) is 5.82 Å². The normalized spacial score (nSPS) is 19.4. The highest BCUT2D eigenvalue weighted by molar-refractivity contribution is 5.82. The van der Waals surface area contributed by atoms with Crippen molar-refractivity contribution in [1.29, 1.82) is 0 Å². The zero-order valence-electron chi connectivity index (χ0n) is 10.3. The molecular formula is C13H16N4O. The molecule has 18 heavy (non-hydrogen) atoms. The van der Waals surface area contributed by atoms with E-state index in [9.17, 15) is 4.79 Å². The number of anilines is 1. The maximum Gasteiger partial charge on any atom is 0.222 e. The molecule has 0 bridgehead atoms. The quantitative estimate of drug-likeness (QED) is 0.781. The third-order valence-electron chi connectivity index (χ3n) is 3.42. The molecule has 1 unspecified atom stereocenters. The number of nitrogen functional groups attached to an aromatic ring is 1. The monoisotopic (exact) mass is 244 g/mol. The van der Waals surface area contributed by atoms with Gasteiger partial charge in [0, 0.05) is 25.1 Å². The highest BCUT2D eigenvalue weighted by Gasteiger charge is 2.26. The lowest BCUT2D eigenvalue weighted by atomic mass is 10.2. The lowest BCUT2D eigenvalue weighted by Gasteiger charge is -2.14. The van der Waals surface area contributed by atoms with Gasteiger partial charge in [-0.2, -0.15) is 0 Å². The number of nitrogens with two attached hydrogens (primary N) is 1. The van der Waals surface area contributed by atoms with Gasteiger partial charge in [-0.05, 0) is 18.2 Å². The second kappa shape index (κ2) is 4.01. The van der Waals surface area contributed by atoms with Crippen LogP contribution in [0.2, 0.25) is 0 Å². The van der Waals surface area contributed by atoms with Gasteiger partial charge in [-0.3, -0.25) is 4.79 Å². The van der Waals surface area contributed by atoms with E-state index in [1.54, 1.807) is 0 Å².